The van der Waals surface area contributed by atoms with Gasteiger partial charge in [0.25, 0.3) is 0 Å². The van der Waals surface area contributed by atoms with Gasteiger partial charge in [-0.3, -0.25) is 4.90 Å². The fourth-order valence-electron chi connectivity index (χ4n) is 3.78. The molecule has 0 saturated carbocycles. The summed E-state index contributed by atoms with van der Waals surface area (Å²) in [5.74, 6) is 0.852. The van der Waals surface area contributed by atoms with Crippen molar-refractivity contribution in [3.63, 3.8) is 0 Å². The Morgan fingerprint density at radius 3 is 2.33 bits per heavy atom. The van der Waals surface area contributed by atoms with Gasteiger partial charge >= 0.3 is 0 Å². The van der Waals surface area contributed by atoms with Gasteiger partial charge in [0.1, 0.15) is 5.75 Å². The highest BCUT2D eigenvalue weighted by atomic mass is 16.5. The van der Waals surface area contributed by atoms with Crippen LogP contribution in [0.15, 0.2) is 42.5 Å². The molecule has 1 fully saturated rings. The van der Waals surface area contributed by atoms with Gasteiger partial charge in [-0.05, 0) is 55.5 Å². The zero-order valence-electron chi connectivity index (χ0n) is 16.7. The van der Waals surface area contributed by atoms with Gasteiger partial charge in [0.05, 0.1) is 19.8 Å². The lowest BCUT2D eigenvalue weighted by Crippen LogP contribution is -2.44. The molecule has 1 N–H and O–H groups in total. The van der Waals surface area contributed by atoms with Crippen LogP contribution in [0.4, 0.5) is 5.69 Å². The second-order valence-electron chi connectivity index (χ2n) is 7.41. The summed E-state index contributed by atoms with van der Waals surface area (Å²) in [6.07, 6.45) is 1.18. The van der Waals surface area contributed by atoms with E-state index in [1.54, 1.807) is 7.11 Å². The van der Waals surface area contributed by atoms with Crippen molar-refractivity contribution in [1.82, 2.24) is 4.90 Å². The molecule has 0 spiro atoms. The van der Waals surface area contributed by atoms with Crippen LogP contribution < -0.4 is 9.64 Å². The quantitative estimate of drug-likeness (QED) is 0.811. The lowest BCUT2D eigenvalue weighted by Gasteiger charge is -2.37. The lowest BCUT2D eigenvalue weighted by atomic mass is 10.0. The van der Waals surface area contributed by atoms with Crippen LogP contribution in [0.3, 0.4) is 0 Å². The van der Waals surface area contributed by atoms with Crippen LogP contribution in [0.5, 0.6) is 5.75 Å². The third-order valence-corrected chi connectivity index (χ3v) is 5.35. The summed E-state index contributed by atoms with van der Waals surface area (Å²) < 4.78 is 5.18. The zero-order chi connectivity index (χ0) is 19.2. The van der Waals surface area contributed by atoms with Crippen molar-refractivity contribution in [2.75, 3.05) is 38.2 Å². The Morgan fingerprint density at radius 2 is 1.74 bits per heavy atom. The van der Waals surface area contributed by atoms with E-state index < -0.39 is 0 Å². The number of aliphatic hydroxyl groups is 1. The molecule has 1 unspecified atom stereocenters. The Balaban J connectivity index is 1.43. The number of hydrogen-bond acceptors (Lipinski definition) is 4. The van der Waals surface area contributed by atoms with E-state index in [1.165, 1.54) is 16.8 Å². The van der Waals surface area contributed by atoms with E-state index in [9.17, 15) is 5.11 Å². The molecule has 2 aromatic carbocycles. The van der Waals surface area contributed by atoms with Gasteiger partial charge in [0.15, 0.2) is 0 Å². The molecule has 27 heavy (non-hydrogen) atoms. The van der Waals surface area contributed by atoms with Gasteiger partial charge in [0.2, 0.25) is 0 Å². The number of aryl methyl sites for hydroxylation is 2. The standard InChI is InChI=1S/C23H31N2O2/c1-18-5-4-6-19(2)23(18)25-15-13-24(14-16-25)12-11-21(26)17-20-7-9-22(27-3)10-8-20/h4-10,15,21,26H,11-14,16-17H2,1-3H3. The predicted octanol–water partition coefficient (Wildman–Crippen LogP) is 3.59. The highest BCUT2D eigenvalue weighted by molar-refractivity contribution is 5.60. The summed E-state index contributed by atoms with van der Waals surface area (Å²) in [5, 5.41) is 10.4. The second-order valence-corrected chi connectivity index (χ2v) is 7.41. The maximum atomic E-state index is 10.4. The molecule has 0 aromatic heterocycles. The van der Waals surface area contributed by atoms with Crippen molar-refractivity contribution >= 4 is 5.69 Å². The Kier molecular flexibility index (Phi) is 6.75. The first-order valence-electron chi connectivity index (χ1n) is 9.76. The maximum Gasteiger partial charge on any atom is 0.118 e. The van der Waals surface area contributed by atoms with Gasteiger partial charge < -0.3 is 14.7 Å². The first kappa shape index (κ1) is 19.7. The van der Waals surface area contributed by atoms with Crippen molar-refractivity contribution in [1.29, 1.82) is 0 Å². The number of nitrogens with zero attached hydrogens (tertiary/aromatic N) is 2. The minimum absolute atomic E-state index is 0.310. The zero-order valence-corrected chi connectivity index (χ0v) is 16.7. The molecule has 4 heteroatoms. The van der Waals surface area contributed by atoms with Crippen LogP contribution in [-0.4, -0.2) is 49.4 Å². The molecule has 0 aliphatic carbocycles. The van der Waals surface area contributed by atoms with E-state index in [0.29, 0.717) is 6.42 Å². The highest BCUT2D eigenvalue weighted by Gasteiger charge is 2.20. The Hall–Kier alpha value is -2.04. The molecule has 1 aliphatic rings. The minimum atomic E-state index is -0.310. The van der Waals surface area contributed by atoms with Crippen LogP contribution in [0.1, 0.15) is 23.1 Å². The van der Waals surface area contributed by atoms with E-state index in [-0.39, 0.29) is 6.10 Å². The SMILES string of the molecule is COc1ccc(CC(O)CCN2C[CH]N(c3c(C)cccc3C)CC2)cc1. The largest absolute Gasteiger partial charge is 0.497 e. The molecule has 3 rings (SSSR count). The maximum absolute atomic E-state index is 10.4. The number of benzene rings is 2. The van der Waals surface area contributed by atoms with E-state index in [4.69, 9.17) is 4.74 Å². The molecular weight excluding hydrogens is 336 g/mol. The van der Waals surface area contributed by atoms with Gasteiger partial charge in [-0.15, -0.1) is 0 Å². The second kappa shape index (κ2) is 9.25. The van der Waals surface area contributed by atoms with E-state index in [1.807, 2.05) is 24.3 Å². The van der Waals surface area contributed by atoms with Crippen LogP contribution >= 0.6 is 0 Å². The Morgan fingerprint density at radius 1 is 1.04 bits per heavy atom. The van der Waals surface area contributed by atoms with Crippen LogP contribution in [0, 0.1) is 20.4 Å². The molecule has 1 radical (unpaired) electrons. The molecule has 1 saturated heterocycles. The van der Waals surface area contributed by atoms with Crippen LogP contribution in [-0.2, 0) is 6.42 Å². The third-order valence-electron chi connectivity index (χ3n) is 5.35. The Labute approximate surface area is 163 Å². The summed E-state index contributed by atoms with van der Waals surface area (Å²) in [4.78, 5) is 4.80. The molecular formula is C23H31N2O2. The number of ether oxygens (including phenoxy) is 1. The fraction of sp³-hybridized carbons (Fsp3) is 0.435. The highest BCUT2D eigenvalue weighted by Crippen LogP contribution is 2.27. The smallest absolute Gasteiger partial charge is 0.118 e. The minimum Gasteiger partial charge on any atom is -0.497 e. The van der Waals surface area contributed by atoms with E-state index >= 15 is 0 Å². The molecule has 1 heterocycles. The van der Waals surface area contributed by atoms with Crippen molar-refractivity contribution in [2.24, 2.45) is 0 Å². The molecule has 4 nitrogen and oxygen atoms in total. The first-order chi connectivity index (χ1) is 13.1. The van der Waals surface area contributed by atoms with E-state index in [2.05, 4.69) is 48.4 Å². The van der Waals surface area contributed by atoms with Crippen molar-refractivity contribution < 1.29 is 9.84 Å². The molecule has 0 amide bonds. The van der Waals surface area contributed by atoms with Crippen LogP contribution in [0.25, 0.3) is 0 Å². The monoisotopic (exact) mass is 367 g/mol. The van der Waals surface area contributed by atoms with Gasteiger partial charge in [-0.25, -0.2) is 0 Å². The van der Waals surface area contributed by atoms with Crippen molar-refractivity contribution in [2.45, 2.75) is 32.8 Å². The number of piperazine rings is 1. The third kappa shape index (κ3) is 5.24. The van der Waals surface area contributed by atoms with Crippen molar-refractivity contribution in [3.8, 4) is 5.75 Å². The summed E-state index contributed by atoms with van der Waals surface area (Å²) in [6, 6.07) is 14.4. The first-order valence-corrected chi connectivity index (χ1v) is 9.76. The number of anilines is 1. The Bertz CT molecular complexity index is 701. The molecule has 1 atom stereocenters. The molecule has 145 valence electrons. The normalized spacial score (nSPS) is 16.4. The number of aliphatic hydroxyl groups excluding tert-OH is 1. The molecule has 0 bridgehead atoms. The van der Waals surface area contributed by atoms with Crippen LogP contribution in [0.2, 0.25) is 0 Å². The molecule has 1 aliphatic heterocycles. The number of rotatable bonds is 7. The van der Waals surface area contributed by atoms with Gasteiger partial charge in [0, 0.05) is 31.9 Å². The number of hydrogen-bond donors (Lipinski definition) is 1. The lowest BCUT2D eigenvalue weighted by molar-refractivity contribution is 0.141. The summed E-state index contributed by atoms with van der Waals surface area (Å²) in [5.41, 5.74) is 5.15. The summed E-state index contributed by atoms with van der Waals surface area (Å²) >= 11 is 0. The summed E-state index contributed by atoms with van der Waals surface area (Å²) in [6.45, 7) is 10.5. The summed E-state index contributed by atoms with van der Waals surface area (Å²) in [7, 11) is 1.67. The van der Waals surface area contributed by atoms with Gasteiger partial charge in [-0.2, -0.15) is 0 Å². The fourth-order valence-corrected chi connectivity index (χ4v) is 3.78. The van der Waals surface area contributed by atoms with E-state index in [0.717, 1.165) is 43.9 Å². The number of para-hydroxylation sites is 1. The topological polar surface area (TPSA) is 35.9 Å². The van der Waals surface area contributed by atoms with Crippen molar-refractivity contribution in [3.05, 3.63) is 65.7 Å². The molecule has 2 aromatic rings. The average Bonchev–Trinajstić information content (AvgIpc) is 2.68. The number of methoxy groups -OCH3 is 1. The predicted molar refractivity (Wildman–Crippen MR) is 111 cm³/mol. The average molecular weight is 368 g/mol. The van der Waals surface area contributed by atoms with Gasteiger partial charge in [-0.1, -0.05) is 30.3 Å².